The van der Waals surface area contributed by atoms with Crippen molar-refractivity contribution in [3.63, 3.8) is 0 Å². The van der Waals surface area contributed by atoms with Gasteiger partial charge in [0.05, 0.1) is 6.33 Å². The van der Waals surface area contributed by atoms with Crippen LogP contribution >= 0.6 is 0 Å². The van der Waals surface area contributed by atoms with Gasteiger partial charge < -0.3 is 9.88 Å². The van der Waals surface area contributed by atoms with Gasteiger partial charge in [-0.15, -0.1) is 12.3 Å². The molecule has 0 spiro atoms. The lowest BCUT2D eigenvalue weighted by Crippen LogP contribution is -2.27. The zero-order valence-electron chi connectivity index (χ0n) is 9.65. The molecule has 1 saturated heterocycles. The van der Waals surface area contributed by atoms with Crippen molar-refractivity contribution in [1.29, 1.82) is 0 Å². The van der Waals surface area contributed by atoms with Crippen molar-refractivity contribution < 1.29 is 0 Å². The second-order valence-corrected chi connectivity index (χ2v) is 4.34. The number of aromatic nitrogens is 2. The Kier molecular flexibility index (Phi) is 4.01. The maximum absolute atomic E-state index is 5.27. The number of hydrogen-bond donors (Lipinski definition) is 1. The Balaban J connectivity index is 1.97. The molecule has 0 aromatic carbocycles. The minimum absolute atomic E-state index is 0.676. The molecule has 2 heterocycles. The number of imidazole rings is 1. The van der Waals surface area contributed by atoms with Crippen LogP contribution < -0.4 is 5.32 Å². The minimum atomic E-state index is 0.676. The van der Waals surface area contributed by atoms with E-state index in [9.17, 15) is 0 Å². The maximum Gasteiger partial charge on any atom is 0.0948 e. The first-order valence-corrected chi connectivity index (χ1v) is 6.06. The zero-order valence-corrected chi connectivity index (χ0v) is 9.65. The molecule has 1 aromatic heterocycles. The average molecular weight is 217 g/mol. The van der Waals surface area contributed by atoms with Crippen molar-refractivity contribution in [3.05, 3.63) is 18.2 Å². The highest BCUT2D eigenvalue weighted by Crippen LogP contribution is 2.24. The molecule has 1 aliphatic heterocycles. The quantitative estimate of drug-likeness (QED) is 0.615. The summed E-state index contributed by atoms with van der Waals surface area (Å²) in [5.41, 5.74) is 1.39. The third-order valence-electron chi connectivity index (χ3n) is 3.22. The standard InChI is InChI=1S/C13H19N3/c1-2-3-4-9-16-11-15-10-13(16)12-5-7-14-8-6-12/h1,10-12,14H,3-9H2. The molecular formula is C13H19N3. The van der Waals surface area contributed by atoms with Gasteiger partial charge in [-0.25, -0.2) is 4.98 Å². The topological polar surface area (TPSA) is 29.9 Å². The molecular weight excluding hydrogens is 198 g/mol. The Morgan fingerprint density at radius 3 is 3.06 bits per heavy atom. The van der Waals surface area contributed by atoms with Gasteiger partial charge in [-0.1, -0.05) is 0 Å². The van der Waals surface area contributed by atoms with Gasteiger partial charge in [-0.05, 0) is 32.4 Å². The molecule has 1 fully saturated rings. The van der Waals surface area contributed by atoms with Crippen molar-refractivity contribution in [2.24, 2.45) is 0 Å². The summed E-state index contributed by atoms with van der Waals surface area (Å²) >= 11 is 0. The normalized spacial score (nSPS) is 17.2. The third kappa shape index (κ3) is 2.65. The molecule has 0 aliphatic carbocycles. The number of piperidine rings is 1. The van der Waals surface area contributed by atoms with Gasteiger partial charge in [0.25, 0.3) is 0 Å². The molecule has 2 rings (SSSR count). The Labute approximate surface area is 97.3 Å². The lowest BCUT2D eigenvalue weighted by Gasteiger charge is -2.23. The zero-order chi connectivity index (χ0) is 11.2. The van der Waals surface area contributed by atoms with Crippen molar-refractivity contribution in [3.8, 4) is 12.3 Å². The lowest BCUT2D eigenvalue weighted by molar-refractivity contribution is 0.437. The number of nitrogens with zero attached hydrogens (tertiary/aromatic N) is 2. The Bertz CT molecular complexity index is 355. The first-order chi connectivity index (χ1) is 7.92. The van der Waals surface area contributed by atoms with Crippen LogP contribution in [0.1, 0.15) is 37.3 Å². The Hall–Kier alpha value is -1.27. The average Bonchev–Trinajstić information content (AvgIpc) is 2.79. The molecule has 16 heavy (non-hydrogen) atoms. The number of rotatable bonds is 4. The highest BCUT2D eigenvalue weighted by atomic mass is 15.0. The summed E-state index contributed by atoms with van der Waals surface area (Å²) in [4.78, 5) is 4.27. The van der Waals surface area contributed by atoms with E-state index in [1.807, 2.05) is 12.5 Å². The van der Waals surface area contributed by atoms with Crippen molar-refractivity contribution in [2.45, 2.75) is 38.1 Å². The van der Waals surface area contributed by atoms with Crippen LogP contribution in [0.3, 0.4) is 0 Å². The molecule has 1 aliphatic rings. The predicted molar refractivity (Wildman–Crippen MR) is 65.1 cm³/mol. The van der Waals surface area contributed by atoms with Gasteiger partial charge in [0, 0.05) is 30.8 Å². The summed E-state index contributed by atoms with van der Waals surface area (Å²) in [6, 6.07) is 0. The molecule has 0 bridgehead atoms. The highest BCUT2D eigenvalue weighted by Gasteiger charge is 2.18. The monoisotopic (exact) mass is 217 g/mol. The largest absolute Gasteiger partial charge is 0.334 e. The van der Waals surface area contributed by atoms with E-state index in [1.54, 1.807) is 0 Å². The molecule has 0 atom stereocenters. The van der Waals surface area contributed by atoms with E-state index < -0.39 is 0 Å². The second kappa shape index (κ2) is 5.72. The fourth-order valence-corrected chi connectivity index (χ4v) is 2.33. The summed E-state index contributed by atoms with van der Waals surface area (Å²) in [5, 5.41) is 3.39. The lowest BCUT2D eigenvalue weighted by atomic mass is 9.95. The SMILES string of the molecule is C#CCCCn1cncc1C1CCNCC1. The van der Waals surface area contributed by atoms with Crippen molar-refractivity contribution in [1.82, 2.24) is 14.9 Å². The van der Waals surface area contributed by atoms with Gasteiger partial charge in [-0.2, -0.15) is 0 Å². The van der Waals surface area contributed by atoms with Crippen LogP contribution in [-0.2, 0) is 6.54 Å². The number of nitrogens with one attached hydrogen (secondary N) is 1. The van der Waals surface area contributed by atoms with E-state index in [4.69, 9.17) is 6.42 Å². The molecule has 0 unspecified atom stereocenters. The fraction of sp³-hybridized carbons (Fsp3) is 0.615. The highest BCUT2D eigenvalue weighted by molar-refractivity contribution is 5.07. The number of aryl methyl sites for hydroxylation is 1. The van der Waals surface area contributed by atoms with Crippen LogP contribution in [0.25, 0.3) is 0 Å². The van der Waals surface area contributed by atoms with E-state index in [0.29, 0.717) is 5.92 Å². The smallest absolute Gasteiger partial charge is 0.0948 e. The Morgan fingerprint density at radius 1 is 1.50 bits per heavy atom. The van der Waals surface area contributed by atoms with E-state index in [1.165, 1.54) is 18.5 Å². The van der Waals surface area contributed by atoms with E-state index >= 15 is 0 Å². The molecule has 0 amide bonds. The van der Waals surface area contributed by atoms with Gasteiger partial charge >= 0.3 is 0 Å². The van der Waals surface area contributed by atoms with Crippen molar-refractivity contribution >= 4 is 0 Å². The summed E-state index contributed by atoms with van der Waals surface area (Å²) in [6.07, 6.45) is 13.6. The van der Waals surface area contributed by atoms with E-state index in [-0.39, 0.29) is 0 Å². The van der Waals surface area contributed by atoms with Crippen molar-refractivity contribution in [2.75, 3.05) is 13.1 Å². The third-order valence-corrected chi connectivity index (χ3v) is 3.22. The van der Waals surface area contributed by atoms with E-state index in [0.717, 1.165) is 32.5 Å². The second-order valence-electron chi connectivity index (χ2n) is 4.34. The molecule has 0 radical (unpaired) electrons. The summed E-state index contributed by atoms with van der Waals surface area (Å²) in [5.74, 6) is 3.36. The first kappa shape index (κ1) is 11.2. The summed E-state index contributed by atoms with van der Waals surface area (Å²) < 4.78 is 2.27. The molecule has 86 valence electrons. The van der Waals surface area contributed by atoms with Gasteiger partial charge in [0.2, 0.25) is 0 Å². The predicted octanol–water partition coefficient (Wildman–Crippen LogP) is 1.76. The van der Waals surface area contributed by atoms with Crippen LogP contribution in [0.15, 0.2) is 12.5 Å². The molecule has 1 N–H and O–H groups in total. The van der Waals surface area contributed by atoms with Gasteiger partial charge in [-0.3, -0.25) is 0 Å². The Morgan fingerprint density at radius 2 is 2.31 bits per heavy atom. The van der Waals surface area contributed by atoms with Gasteiger partial charge in [0.15, 0.2) is 0 Å². The molecule has 1 aromatic rings. The van der Waals surface area contributed by atoms with Crippen LogP contribution in [-0.4, -0.2) is 22.6 Å². The van der Waals surface area contributed by atoms with Crippen LogP contribution in [0, 0.1) is 12.3 Å². The van der Waals surface area contributed by atoms with Gasteiger partial charge in [0.1, 0.15) is 0 Å². The molecule has 0 saturated carbocycles. The number of hydrogen-bond acceptors (Lipinski definition) is 2. The first-order valence-electron chi connectivity index (χ1n) is 6.06. The van der Waals surface area contributed by atoms with Crippen LogP contribution in [0.4, 0.5) is 0 Å². The maximum atomic E-state index is 5.27. The number of unbranched alkanes of at least 4 members (excludes halogenated alkanes) is 1. The molecule has 3 nitrogen and oxygen atoms in total. The summed E-state index contributed by atoms with van der Waals surface area (Å²) in [7, 11) is 0. The summed E-state index contributed by atoms with van der Waals surface area (Å²) in [6.45, 7) is 3.25. The number of terminal acetylenes is 1. The van der Waals surface area contributed by atoms with Crippen LogP contribution in [0.5, 0.6) is 0 Å². The minimum Gasteiger partial charge on any atom is -0.334 e. The fourth-order valence-electron chi connectivity index (χ4n) is 2.33. The molecule has 3 heteroatoms. The van der Waals surface area contributed by atoms with Crippen LogP contribution in [0.2, 0.25) is 0 Å². The van der Waals surface area contributed by atoms with E-state index in [2.05, 4.69) is 20.8 Å².